The Kier molecular flexibility index (Phi) is 11.3. The number of fused-ring (bicyclic) bond motifs is 2. The topological polar surface area (TPSA) is 164 Å². The number of carboxylic acids is 1. The third kappa shape index (κ3) is 8.47. The Hall–Kier alpha value is -7.15. The maximum atomic E-state index is 13.7. The van der Waals surface area contributed by atoms with Gasteiger partial charge in [0.2, 0.25) is 6.10 Å². The number of esters is 1. The van der Waals surface area contributed by atoms with Gasteiger partial charge in [0, 0.05) is 17.9 Å². The number of aromatic hydroxyl groups is 2. The number of alkyl halides is 3. The van der Waals surface area contributed by atoms with Gasteiger partial charge >= 0.3 is 29.4 Å². The summed E-state index contributed by atoms with van der Waals surface area (Å²) in [5.41, 5.74) is -0.581. The van der Waals surface area contributed by atoms with Crippen molar-refractivity contribution in [2.24, 2.45) is 0 Å². The molecular formula is C43H31F3O10. The Morgan fingerprint density at radius 3 is 1.73 bits per heavy atom. The van der Waals surface area contributed by atoms with Crippen LogP contribution in [0.25, 0.3) is 21.9 Å². The molecule has 7 aromatic rings. The zero-order valence-corrected chi connectivity index (χ0v) is 29.1. The zero-order chi connectivity index (χ0) is 40.0. The molecule has 2 heterocycles. The van der Waals surface area contributed by atoms with E-state index in [4.69, 9.17) is 13.6 Å². The van der Waals surface area contributed by atoms with Crippen LogP contribution in [0.5, 0.6) is 11.5 Å². The quantitative estimate of drug-likeness (QED) is 0.0957. The van der Waals surface area contributed by atoms with Crippen LogP contribution < -0.4 is 11.3 Å². The highest BCUT2D eigenvalue weighted by molar-refractivity contribution is 5.90. The second-order valence-corrected chi connectivity index (χ2v) is 12.5. The Morgan fingerprint density at radius 2 is 1.14 bits per heavy atom. The lowest BCUT2D eigenvalue weighted by molar-refractivity contribution is -0.224. The first-order valence-electron chi connectivity index (χ1n) is 17.0. The van der Waals surface area contributed by atoms with Gasteiger partial charge in [0.1, 0.15) is 22.7 Å². The van der Waals surface area contributed by atoms with E-state index in [0.29, 0.717) is 22.1 Å². The fourth-order valence-electron chi connectivity index (χ4n) is 6.23. The minimum Gasteiger partial charge on any atom is -0.507 e. The largest absolute Gasteiger partial charge is 0.507 e. The average Bonchev–Trinajstić information content (AvgIpc) is 3.19. The Labute approximate surface area is 315 Å². The highest BCUT2D eigenvalue weighted by Gasteiger charge is 2.44. The fourth-order valence-corrected chi connectivity index (χ4v) is 6.23. The van der Waals surface area contributed by atoms with Crippen molar-refractivity contribution >= 4 is 33.9 Å². The number of carbonyl (C=O) groups is 2. The van der Waals surface area contributed by atoms with Crippen molar-refractivity contribution in [3.8, 4) is 11.5 Å². The van der Waals surface area contributed by atoms with Gasteiger partial charge in [0.15, 0.2) is 0 Å². The Balaban J connectivity index is 0.000000208. The predicted octanol–water partition coefficient (Wildman–Crippen LogP) is 8.66. The lowest BCUT2D eigenvalue weighted by Gasteiger charge is -2.23. The second-order valence-electron chi connectivity index (χ2n) is 12.5. The van der Waals surface area contributed by atoms with E-state index in [1.165, 1.54) is 42.5 Å². The van der Waals surface area contributed by atoms with Crippen LogP contribution in [0.1, 0.15) is 56.6 Å². The fraction of sp³-hybridized carbons (Fsp3) is 0.116. The molecule has 0 saturated heterocycles. The number of para-hydroxylation sites is 2. The molecule has 0 amide bonds. The van der Waals surface area contributed by atoms with Crippen LogP contribution in [0.15, 0.2) is 152 Å². The van der Waals surface area contributed by atoms with Crippen molar-refractivity contribution < 1.29 is 51.7 Å². The predicted molar refractivity (Wildman–Crippen MR) is 199 cm³/mol. The summed E-state index contributed by atoms with van der Waals surface area (Å²) in [5, 5.41) is 31.0. The maximum absolute atomic E-state index is 13.7. The van der Waals surface area contributed by atoms with Crippen LogP contribution in [0.4, 0.5) is 13.2 Å². The molecule has 0 aliphatic heterocycles. The van der Waals surface area contributed by atoms with Crippen molar-refractivity contribution in [3.05, 3.63) is 188 Å². The van der Waals surface area contributed by atoms with Gasteiger partial charge in [0.25, 0.3) is 0 Å². The molecule has 13 heteroatoms. The molecule has 0 bridgehead atoms. The van der Waals surface area contributed by atoms with Crippen LogP contribution in [0.3, 0.4) is 0 Å². The van der Waals surface area contributed by atoms with Crippen LogP contribution >= 0.6 is 0 Å². The number of benzene rings is 5. The summed E-state index contributed by atoms with van der Waals surface area (Å²) in [5.74, 6) is -3.94. The Morgan fingerprint density at radius 1 is 0.643 bits per heavy atom. The van der Waals surface area contributed by atoms with Crippen molar-refractivity contribution in [3.63, 3.8) is 0 Å². The minimum absolute atomic E-state index is 0.0124. The molecule has 2 aromatic heterocycles. The summed E-state index contributed by atoms with van der Waals surface area (Å²) < 4.78 is 56.4. The first kappa shape index (κ1) is 38.6. The monoisotopic (exact) mass is 764 g/mol. The summed E-state index contributed by atoms with van der Waals surface area (Å²) in [4.78, 5) is 48.9. The molecular weight excluding hydrogens is 733 g/mol. The molecule has 10 nitrogen and oxygen atoms in total. The first-order valence-corrected chi connectivity index (χ1v) is 17.0. The van der Waals surface area contributed by atoms with Gasteiger partial charge in [-0.05, 0) is 41.5 Å². The number of rotatable bonds is 9. The second kappa shape index (κ2) is 16.5. The Bertz CT molecular complexity index is 2630. The highest BCUT2D eigenvalue weighted by atomic mass is 19.4. The number of hydrogen-bond donors (Lipinski definition) is 3. The zero-order valence-electron chi connectivity index (χ0n) is 29.1. The van der Waals surface area contributed by atoms with Crippen LogP contribution in [-0.4, -0.2) is 33.4 Å². The number of halogens is 3. The van der Waals surface area contributed by atoms with Gasteiger partial charge in [-0.25, -0.2) is 14.4 Å². The third-order valence-electron chi connectivity index (χ3n) is 8.88. The standard InChI is InChI=1S/C26H19F3O5.C17H12O5/c27-26(28,29)24(17-11-5-2-6-12-17)34-21(30)15-19(16-9-3-1-4-10-16)22-23(31)18-13-7-8-14-20(18)33-25(22)32;18-15-12-7-3-4-8-14(12)22-17(21)13(15)9-10-5-1-2-6-11(10)16(19)20/h1-14,19,24,31H,15H2;1-8,18H,9H2,(H,19,20). The molecule has 0 spiro atoms. The molecule has 0 fully saturated rings. The van der Waals surface area contributed by atoms with E-state index in [1.54, 1.807) is 91.0 Å². The molecule has 0 radical (unpaired) electrons. The maximum Gasteiger partial charge on any atom is 0.429 e. The molecule has 0 saturated carbocycles. The molecule has 5 aromatic carbocycles. The molecule has 3 N–H and O–H groups in total. The molecule has 284 valence electrons. The smallest absolute Gasteiger partial charge is 0.429 e. The lowest BCUT2D eigenvalue weighted by Crippen LogP contribution is -2.27. The minimum atomic E-state index is -4.84. The van der Waals surface area contributed by atoms with E-state index in [1.807, 2.05) is 0 Å². The van der Waals surface area contributed by atoms with E-state index < -0.39 is 53.6 Å². The number of hydrogen-bond acceptors (Lipinski definition) is 9. The van der Waals surface area contributed by atoms with E-state index in [9.17, 15) is 47.7 Å². The first-order chi connectivity index (χ1) is 26.8. The van der Waals surface area contributed by atoms with E-state index >= 15 is 0 Å². The number of ether oxygens (including phenoxy) is 1. The summed E-state index contributed by atoms with van der Waals surface area (Å²) in [7, 11) is 0. The molecule has 2 unspecified atom stereocenters. The summed E-state index contributed by atoms with van der Waals surface area (Å²) >= 11 is 0. The van der Waals surface area contributed by atoms with Crippen molar-refractivity contribution in [1.29, 1.82) is 0 Å². The summed E-state index contributed by atoms with van der Waals surface area (Å²) in [6.07, 6.45) is -7.95. The van der Waals surface area contributed by atoms with Crippen LogP contribution in [-0.2, 0) is 16.0 Å². The normalized spacial score (nSPS) is 12.3. The van der Waals surface area contributed by atoms with E-state index in [-0.39, 0.29) is 45.4 Å². The van der Waals surface area contributed by atoms with Crippen LogP contribution in [0.2, 0.25) is 0 Å². The van der Waals surface area contributed by atoms with Gasteiger partial charge in [0.05, 0.1) is 33.9 Å². The number of carbonyl (C=O) groups excluding carboxylic acids is 1. The van der Waals surface area contributed by atoms with Gasteiger partial charge < -0.3 is 28.9 Å². The van der Waals surface area contributed by atoms with Crippen LogP contribution in [0, 0.1) is 0 Å². The molecule has 7 rings (SSSR count). The van der Waals surface area contributed by atoms with Gasteiger partial charge in [-0.2, -0.15) is 13.2 Å². The average molecular weight is 765 g/mol. The van der Waals surface area contributed by atoms with Crippen molar-refractivity contribution in [1.82, 2.24) is 0 Å². The molecule has 2 atom stereocenters. The lowest BCUT2D eigenvalue weighted by atomic mass is 9.88. The number of carboxylic acid groups (broad SMARTS) is 1. The molecule has 0 aliphatic rings. The van der Waals surface area contributed by atoms with Gasteiger partial charge in [-0.1, -0.05) is 103 Å². The molecule has 0 aliphatic carbocycles. The van der Waals surface area contributed by atoms with Crippen molar-refractivity contribution in [2.75, 3.05) is 0 Å². The number of aromatic carboxylic acids is 1. The SMILES string of the molecule is O=C(CC(c1ccccc1)c1c(O)c2ccccc2oc1=O)OC(c1ccccc1)C(F)(F)F.O=C(O)c1ccccc1Cc1c(O)c2ccccc2oc1=O. The van der Waals surface area contributed by atoms with Gasteiger partial charge in [-0.3, -0.25) is 4.79 Å². The van der Waals surface area contributed by atoms with Crippen molar-refractivity contribution in [2.45, 2.75) is 31.0 Å². The van der Waals surface area contributed by atoms with E-state index in [0.717, 1.165) is 0 Å². The summed E-state index contributed by atoms with van der Waals surface area (Å²) in [6, 6.07) is 34.3. The van der Waals surface area contributed by atoms with E-state index in [2.05, 4.69) is 0 Å². The summed E-state index contributed by atoms with van der Waals surface area (Å²) in [6.45, 7) is 0. The highest BCUT2D eigenvalue weighted by Crippen LogP contribution is 2.39. The molecule has 56 heavy (non-hydrogen) atoms. The third-order valence-corrected chi connectivity index (χ3v) is 8.88. The van der Waals surface area contributed by atoms with Gasteiger partial charge in [-0.15, -0.1) is 0 Å².